The molecule has 3 aromatic rings. The third-order valence-electron chi connectivity index (χ3n) is 3.50. The topological polar surface area (TPSA) is 32.9 Å². The van der Waals surface area contributed by atoms with Crippen molar-refractivity contribution in [2.75, 3.05) is 0 Å². The zero-order chi connectivity index (χ0) is 15.0. The molecule has 0 bridgehead atoms. The third kappa shape index (κ3) is 2.57. The number of halogens is 2. The summed E-state index contributed by atoms with van der Waals surface area (Å²) in [6.45, 7) is 1.97. The number of fused-ring (bicyclic) bond motifs is 1. The minimum absolute atomic E-state index is 0.0903. The largest absolute Gasteiger partial charge is 0.360 e. The van der Waals surface area contributed by atoms with Crippen molar-refractivity contribution < 1.29 is 13.6 Å². The molecule has 4 heteroatoms. The van der Waals surface area contributed by atoms with Crippen LogP contribution in [-0.4, -0.2) is 10.8 Å². The van der Waals surface area contributed by atoms with Crippen LogP contribution in [0.5, 0.6) is 0 Å². The quantitative estimate of drug-likeness (QED) is 0.719. The van der Waals surface area contributed by atoms with Gasteiger partial charge in [-0.1, -0.05) is 18.2 Å². The molecule has 3 rings (SSSR count). The molecule has 1 N–H and O–H groups in total. The Hall–Kier alpha value is -2.49. The Labute approximate surface area is 120 Å². The van der Waals surface area contributed by atoms with Gasteiger partial charge < -0.3 is 4.98 Å². The molecule has 0 aliphatic rings. The maximum absolute atomic E-state index is 13.6. The van der Waals surface area contributed by atoms with E-state index >= 15 is 0 Å². The van der Waals surface area contributed by atoms with E-state index in [0.29, 0.717) is 5.56 Å². The molecule has 0 saturated carbocycles. The van der Waals surface area contributed by atoms with E-state index in [1.807, 2.05) is 25.1 Å². The van der Waals surface area contributed by atoms with Crippen LogP contribution in [0.4, 0.5) is 8.78 Å². The van der Waals surface area contributed by atoms with Crippen LogP contribution >= 0.6 is 0 Å². The third-order valence-corrected chi connectivity index (χ3v) is 3.50. The molecule has 0 aliphatic carbocycles. The summed E-state index contributed by atoms with van der Waals surface area (Å²) in [4.78, 5) is 15.4. The molecule has 21 heavy (non-hydrogen) atoms. The molecule has 0 saturated heterocycles. The SMILES string of the molecule is Cc1ccc2c(C(=O)Cc3ccc(F)cc3F)c[nH]c2c1. The standard InChI is InChI=1S/C17H13F2NO/c1-10-2-5-13-14(9-20-16(13)6-10)17(21)7-11-3-4-12(18)8-15(11)19/h2-6,8-9,20H,7H2,1H3. The molecule has 2 nitrogen and oxygen atoms in total. The number of rotatable bonds is 3. The first-order valence-corrected chi connectivity index (χ1v) is 6.59. The molecule has 0 unspecified atom stereocenters. The van der Waals surface area contributed by atoms with Gasteiger partial charge in [-0.3, -0.25) is 4.79 Å². The van der Waals surface area contributed by atoms with Gasteiger partial charge in [0.25, 0.3) is 0 Å². The number of Topliss-reactive ketones (excluding diaryl/α,β-unsaturated/α-hetero) is 1. The fourth-order valence-electron chi connectivity index (χ4n) is 2.40. The van der Waals surface area contributed by atoms with E-state index in [1.165, 1.54) is 6.07 Å². The van der Waals surface area contributed by atoms with Crippen molar-refractivity contribution in [3.63, 3.8) is 0 Å². The average Bonchev–Trinajstić information content (AvgIpc) is 2.84. The predicted molar refractivity (Wildman–Crippen MR) is 77.4 cm³/mol. The number of aromatic amines is 1. The van der Waals surface area contributed by atoms with E-state index in [2.05, 4.69) is 4.98 Å². The van der Waals surface area contributed by atoms with Gasteiger partial charge in [0.15, 0.2) is 5.78 Å². The number of H-pyrrole nitrogens is 1. The molecule has 2 aromatic carbocycles. The Morgan fingerprint density at radius 1 is 1.14 bits per heavy atom. The Kier molecular flexibility index (Phi) is 3.29. The van der Waals surface area contributed by atoms with Gasteiger partial charge in [0.2, 0.25) is 0 Å². The molecule has 0 aliphatic heterocycles. The maximum Gasteiger partial charge on any atom is 0.169 e. The number of ketones is 1. The van der Waals surface area contributed by atoms with E-state index in [-0.39, 0.29) is 17.8 Å². The molecular formula is C17H13F2NO. The molecule has 0 radical (unpaired) electrons. The molecule has 0 amide bonds. The number of aryl methyl sites for hydroxylation is 1. The summed E-state index contributed by atoms with van der Waals surface area (Å²) in [7, 11) is 0. The number of hydrogen-bond donors (Lipinski definition) is 1. The molecule has 1 heterocycles. The van der Waals surface area contributed by atoms with E-state index < -0.39 is 11.6 Å². The summed E-state index contributed by atoms with van der Waals surface area (Å²) < 4.78 is 26.5. The monoisotopic (exact) mass is 285 g/mol. The van der Waals surface area contributed by atoms with E-state index in [1.54, 1.807) is 6.20 Å². The number of carbonyl (C=O) groups excluding carboxylic acids is 1. The van der Waals surface area contributed by atoms with Crippen LogP contribution in [0.25, 0.3) is 10.9 Å². The normalized spacial score (nSPS) is 11.0. The Morgan fingerprint density at radius 2 is 1.95 bits per heavy atom. The highest BCUT2D eigenvalue weighted by molar-refractivity contribution is 6.08. The van der Waals surface area contributed by atoms with Crippen molar-refractivity contribution in [2.24, 2.45) is 0 Å². The van der Waals surface area contributed by atoms with Crippen LogP contribution in [0.15, 0.2) is 42.6 Å². The average molecular weight is 285 g/mol. The van der Waals surface area contributed by atoms with E-state index in [0.717, 1.165) is 28.6 Å². The van der Waals surface area contributed by atoms with Gasteiger partial charge in [-0.15, -0.1) is 0 Å². The zero-order valence-corrected chi connectivity index (χ0v) is 11.4. The second-order valence-corrected chi connectivity index (χ2v) is 5.09. The minimum Gasteiger partial charge on any atom is -0.360 e. The lowest BCUT2D eigenvalue weighted by Crippen LogP contribution is -2.05. The molecule has 1 aromatic heterocycles. The Balaban J connectivity index is 1.94. The van der Waals surface area contributed by atoms with Crippen molar-refractivity contribution in [3.05, 3.63) is 70.9 Å². The molecule has 0 fully saturated rings. The predicted octanol–water partition coefficient (Wildman–Crippen LogP) is 4.18. The van der Waals surface area contributed by atoms with Crippen LogP contribution in [0.3, 0.4) is 0 Å². The highest BCUT2D eigenvalue weighted by Crippen LogP contribution is 2.22. The van der Waals surface area contributed by atoms with Crippen molar-refractivity contribution in [3.8, 4) is 0 Å². The number of hydrogen-bond acceptors (Lipinski definition) is 1. The number of aromatic nitrogens is 1. The summed E-state index contributed by atoms with van der Waals surface area (Å²) >= 11 is 0. The van der Waals surface area contributed by atoms with Crippen LogP contribution in [-0.2, 0) is 6.42 Å². The lowest BCUT2D eigenvalue weighted by Gasteiger charge is -2.03. The highest BCUT2D eigenvalue weighted by Gasteiger charge is 2.15. The van der Waals surface area contributed by atoms with Crippen LogP contribution < -0.4 is 0 Å². The van der Waals surface area contributed by atoms with Gasteiger partial charge in [-0.05, 0) is 30.2 Å². The molecular weight excluding hydrogens is 272 g/mol. The van der Waals surface area contributed by atoms with Crippen LogP contribution in [0.2, 0.25) is 0 Å². The van der Waals surface area contributed by atoms with Crippen molar-refractivity contribution in [2.45, 2.75) is 13.3 Å². The minimum atomic E-state index is -0.695. The second-order valence-electron chi connectivity index (χ2n) is 5.09. The number of carbonyl (C=O) groups is 1. The molecule has 0 spiro atoms. The number of benzene rings is 2. The fraction of sp³-hybridized carbons (Fsp3) is 0.118. The lowest BCUT2D eigenvalue weighted by molar-refractivity contribution is 0.0993. The fourth-order valence-corrected chi connectivity index (χ4v) is 2.40. The van der Waals surface area contributed by atoms with Crippen LogP contribution in [0, 0.1) is 18.6 Å². The Morgan fingerprint density at radius 3 is 2.71 bits per heavy atom. The van der Waals surface area contributed by atoms with Gasteiger partial charge >= 0.3 is 0 Å². The second kappa shape index (κ2) is 5.13. The van der Waals surface area contributed by atoms with Crippen molar-refractivity contribution >= 4 is 16.7 Å². The van der Waals surface area contributed by atoms with Gasteiger partial charge in [-0.2, -0.15) is 0 Å². The molecule has 106 valence electrons. The van der Waals surface area contributed by atoms with Crippen molar-refractivity contribution in [1.29, 1.82) is 0 Å². The summed E-state index contributed by atoms with van der Waals surface area (Å²) in [5.41, 5.74) is 2.68. The maximum atomic E-state index is 13.6. The highest BCUT2D eigenvalue weighted by atomic mass is 19.1. The first kappa shape index (κ1) is 13.5. The first-order valence-electron chi connectivity index (χ1n) is 6.59. The smallest absolute Gasteiger partial charge is 0.169 e. The summed E-state index contributed by atoms with van der Waals surface area (Å²) in [5.74, 6) is -1.54. The zero-order valence-electron chi connectivity index (χ0n) is 11.4. The summed E-state index contributed by atoms with van der Waals surface area (Å²) in [6, 6.07) is 9.00. The van der Waals surface area contributed by atoms with Gasteiger partial charge in [0.1, 0.15) is 11.6 Å². The van der Waals surface area contributed by atoms with Gasteiger partial charge in [-0.25, -0.2) is 8.78 Å². The lowest BCUT2D eigenvalue weighted by atomic mass is 10.0. The van der Waals surface area contributed by atoms with Gasteiger partial charge in [0, 0.05) is 35.2 Å². The number of nitrogens with one attached hydrogen (secondary N) is 1. The summed E-state index contributed by atoms with van der Waals surface area (Å²) in [5, 5.41) is 0.813. The van der Waals surface area contributed by atoms with E-state index in [4.69, 9.17) is 0 Å². The van der Waals surface area contributed by atoms with Crippen molar-refractivity contribution in [1.82, 2.24) is 4.98 Å². The van der Waals surface area contributed by atoms with Gasteiger partial charge in [0.05, 0.1) is 0 Å². The van der Waals surface area contributed by atoms with E-state index in [9.17, 15) is 13.6 Å². The van der Waals surface area contributed by atoms with Crippen LogP contribution in [0.1, 0.15) is 21.5 Å². The first-order chi connectivity index (χ1) is 10.0. The summed E-state index contributed by atoms with van der Waals surface area (Å²) in [6.07, 6.45) is 1.54. The molecule has 0 atom stereocenters. The Bertz CT molecular complexity index is 836.